The first-order chi connectivity index (χ1) is 9.95. The summed E-state index contributed by atoms with van der Waals surface area (Å²) in [6.07, 6.45) is 4.83. The van der Waals surface area contributed by atoms with Crippen LogP contribution in [-0.2, 0) is 4.79 Å². The molecule has 0 unspecified atom stereocenters. The molecule has 3 fully saturated rings. The van der Waals surface area contributed by atoms with Crippen molar-refractivity contribution in [1.29, 1.82) is 0 Å². The Morgan fingerprint density at radius 3 is 1.90 bits per heavy atom. The van der Waals surface area contributed by atoms with Crippen LogP contribution in [0.1, 0.15) is 46.5 Å². The molecule has 21 heavy (non-hydrogen) atoms. The monoisotopic (exact) mass is 293 g/mol. The second kappa shape index (κ2) is 5.88. The molecule has 0 aromatic rings. The molecule has 3 aliphatic rings. The van der Waals surface area contributed by atoms with E-state index in [2.05, 4.69) is 35.5 Å². The molecule has 1 saturated carbocycles. The number of carbonyl (C=O) groups excluding carboxylic acids is 1. The van der Waals surface area contributed by atoms with E-state index >= 15 is 0 Å². The second-order valence-electron chi connectivity index (χ2n) is 8.02. The molecule has 3 rings (SSSR count). The van der Waals surface area contributed by atoms with E-state index in [0.29, 0.717) is 17.4 Å². The van der Waals surface area contributed by atoms with E-state index in [0.717, 1.165) is 45.1 Å². The molecule has 2 saturated heterocycles. The summed E-state index contributed by atoms with van der Waals surface area (Å²) in [4.78, 5) is 19.5. The summed E-state index contributed by atoms with van der Waals surface area (Å²) in [5.74, 6) is 0.809. The van der Waals surface area contributed by atoms with E-state index in [1.54, 1.807) is 0 Å². The fourth-order valence-electron chi connectivity index (χ4n) is 3.80. The van der Waals surface area contributed by atoms with Crippen molar-refractivity contribution >= 4 is 5.91 Å². The standard InChI is InChI=1S/C17H31N3O/c1-17(2,3)20-8-6-15(7-9-20)18-10-12-19(13-11-18)16(21)14-4-5-14/h14-15H,4-13H2,1-3H3. The number of hydrogen-bond acceptors (Lipinski definition) is 3. The first kappa shape index (κ1) is 15.3. The zero-order valence-electron chi connectivity index (χ0n) is 14.0. The van der Waals surface area contributed by atoms with Crippen molar-refractivity contribution in [3.05, 3.63) is 0 Å². The molecule has 0 atom stereocenters. The van der Waals surface area contributed by atoms with Gasteiger partial charge in [-0.2, -0.15) is 0 Å². The topological polar surface area (TPSA) is 26.8 Å². The van der Waals surface area contributed by atoms with Crippen LogP contribution in [0.25, 0.3) is 0 Å². The van der Waals surface area contributed by atoms with Gasteiger partial charge in [0.05, 0.1) is 0 Å². The van der Waals surface area contributed by atoms with Gasteiger partial charge < -0.3 is 4.90 Å². The Morgan fingerprint density at radius 1 is 0.857 bits per heavy atom. The van der Waals surface area contributed by atoms with Crippen LogP contribution in [0.5, 0.6) is 0 Å². The number of hydrogen-bond donors (Lipinski definition) is 0. The summed E-state index contributed by atoms with van der Waals surface area (Å²) < 4.78 is 0. The van der Waals surface area contributed by atoms with E-state index in [1.807, 2.05) is 0 Å². The highest BCUT2D eigenvalue weighted by atomic mass is 16.2. The van der Waals surface area contributed by atoms with Gasteiger partial charge >= 0.3 is 0 Å². The van der Waals surface area contributed by atoms with Gasteiger partial charge in [0.15, 0.2) is 0 Å². The van der Waals surface area contributed by atoms with E-state index in [1.165, 1.54) is 25.9 Å². The van der Waals surface area contributed by atoms with Crippen molar-refractivity contribution in [2.75, 3.05) is 39.3 Å². The fraction of sp³-hybridized carbons (Fsp3) is 0.941. The quantitative estimate of drug-likeness (QED) is 0.777. The zero-order chi connectivity index (χ0) is 15.0. The van der Waals surface area contributed by atoms with Crippen molar-refractivity contribution in [2.24, 2.45) is 5.92 Å². The van der Waals surface area contributed by atoms with Crippen LogP contribution in [0.2, 0.25) is 0 Å². The Hall–Kier alpha value is -0.610. The maximum Gasteiger partial charge on any atom is 0.225 e. The molecule has 1 amide bonds. The molecular formula is C17H31N3O. The molecule has 0 aromatic heterocycles. The SMILES string of the molecule is CC(C)(C)N1CCC(N2CCN(C(=O)C3CC3)CC2)CC1. The minimum Gasteiger partial charge on any atom is -0.340 e. The Bertz CT molecular complexity index is 370. The highest BCUT2D eigenvalue weighted by Crippen LogP contribution is 2.31. The molecule has 1 aliphatic carbocycles. The number of likely N-dealkylation sites (tertiary alicyclic amines) is 1. The van der Waals surface area contributed by atoms with Gasteiger partial charge in [-0.25, -0.2) is 0 Å². The lowest BCUT2D eigenvalue weighted by molar-refractivity contribution is -0.134. The average Bonchev–Trinajstić information content (AvgIpc) is 3.31. The van der Waals surface area contributed by atoms with Crippen LogP contribution in [-0.4, -0.2) is 71.5 Å². The normalized spacial score (nSPS) is 27.1. The molecule has 0 N–H and O–H groups in total. The lowest BCUT2D eigenvalue weighted by atomic mass is 9.96. The molecule has 0 aromatic carbocycles. The number of nitrogens with zero attached hydrogens (tertiary/aromatic N) is 3. The van der Waals surface area contributed by atoms with Gasteiger partial charge in [0.25, 0.3) is 0 Å². The summed E-state index contributed by atoms with van der Waals surface area (Å²) in [5, 5.41) is 0. The molecule has 4 heteroatoms. The highest BCUT2D eigenvalue weighted by Gasteiger charge is 2.36. The van der Waals surface area contributed by atoms with Crippen molar-refractivity contribution in [3.8, 4) is 0 Å². The van der Waals surface area contributed by atoms with Crippen LogP contribution < -0.4 is 0 Å². The molecule has 0 bridgehead atoms. The zero-order valence-corrected chi connectivity index (χ0v) is 14.0. The number of rotatable bonds is 2. The second-order valence-corrected chi connectivity index (χ2v) is 8.02. The molecule has 0 spiro atoms. The third kappa shape index (κ3) is 3.59. The molecule has 120 valence electrons. The van der Waals surface area contributed by atoms with Crippen LogP contribution in [0, 0.1) is 5.92 Å². The average molecular weight is 293 g/mol. The smallest absolute Gasteiger partial charge is 0.225 e. The predicted octanol–water partition coefficient (Wildman–Crippen LogP) is 1.80. The number of amides is 1. The fourth-order valence-corrected chi connectivity index (χ4v) is 3.80. The minimum absolute atomic E-state index is 0.306. The van der Waals surface area contributed by atoms with Crippen molar-refractivity contribution in [3.63, 3.8) is 0 Å². The van der Waals surface area contributed by atoms with Gasteiger partial charge in [0.2, 0.25) is 5.91 Å². The lowest BCUT2D eigenvalue weighted by Gasteiger charge is -2.46. The van der Waals surface area contributed by atoms with Crippen molar-refractivity contribution < 1.29 is 4.79 Å². The molecule has 0 radical (unpaired) electrons. The predicted molar refractivity (Wildman–Crippen MR) is 85.2 cm³/mol. The van der Waals surface area contributed by atoms with Gasteiger partial charge in [-0.3, -0.25) is 14.6 Å². The summed E-state index contributed by atoms with van der Waals surface area (Å²) in [7, 11) is 0. The lowest BCUT2D eigenvalue weighted by Crippen LogP contribution is -2.56. The van der Waals surface area contributed by atoms with E-state index in [9.17, 15) is 4.79 Å². The molecule has 2 heterocycles. The largest absolute Gasteiger partial charge is 0.340 e. The summed E-state index contributed by atoms with van der Waals surface area (Å²) in [6, 6.07) is 0.738. The Labute approximate surface area is 129 Å². The highest BCUT2D eigenvalue weighted by molar-refractivity contribution is 5.81. The molecule has 2 aliphatic heterocycles. The Morgan fingerprint density at radius 2 is 1.43 bits per heavy atom. The van der Waals surface area contributed by atoms with E-state index < -0.39 is 0 Å². The van der Waals surface area contributed by atoms with Crippen LogP contribution in [0.4, 0.5) is 0 Å². The summed E-state index contributed by atoms with van der Waals surface area (Å²) >= 11 is 0. The van der Waals surface area contributed by atoms with Gasteiger partial charge in [-0.15, -0.1) is 0 Å². The van der Waals surface area contributed by atoms with Crippen LogP contribution in [0.3, 0.4) is 0 Å². The van der Waals surface area contributed by atoms with Gasteiger partial charge in [0, 0.05) is 56.8 Å². The van der Waals surface area contributed by atoms with Gasteiger partial charge in [0.1, 0.15) is 0 Å². The first-order valence-electron chi connectivity index (χ1n) is 8.73. The van der Waals surface area contributed by atoms with Gasteiger partial charge in [-0.05, 0) is 46.5 Å². The van der Waals surface area contributed by atoms with Crippen LogP contribution >= 0.6 is 0 Å². The first-order valence-corrected chi connectivity index (χ1v) is 8.73. The maximum absolute atomic E-state index is 12.1. The van der Waals surface area contributed by atoms with Crippen molar-refractivity contribution in [2.45, 2.75) is 58.0 Å². The molecule has 4 nitrogen and oxygen atoms in total. The maximum atomic E-state index is 12.1. The Kier molecular flexibility index (Phi) is 4.28. The Balaban J connectivity index is 1.44. The summed E-state index contributed by atoms with van der Waals surface area (Å²) in [5.41, 5.74) is 0.306. The summed E-state index contributed by atoms with van der Waals surface area (Å²) in [6.45, 7) is 13.5. The number of piperidine rings is 1. The van der Waals surface area contributed by atoms with E-state index in [4.69, 9.17) is 0 Å². The minimum atomic E-state index is 0.306. The van der Waals surface area contributed by atoms with Crippen molar-refractivity contribution in [1.82, 2.24) is 14.7 Å². The van der Waals surface area contributed by atoms with E-state index in [-0.39, 0.29) is 0 Å². The molecular weight excluding hydrogens is 262 g/mol. The van der Waals surface area contributed by atoms with Gasteiger partial charge in [-0.1, -0.05) is 0 Å². The number of piperazine rings is 1. The number of carbonyl (C=O) groups is 1. The van der Waals surface area contributed by atoms with Crippen LogP contribution in [0.15, 0.2) is 0 Å². The third-order valence-electron chi connectivity index (χ3n) is 5.48. The third-order valence-corrected chi connectivity index (χ3v) is 5.48.